The first kappa shape index (κ1) is 11.0. The van der Waals surface area contributed by atoms with Crippen LogP contribution >= 0.6 is 0 Å². The topological polar surface area (TPSA) is 26.3 Å². The Morgan fingerprint density at radius 2 is 2.43 bits per heavy atom. The highest BCUT2D eigenvalue weighted by Crippen LogP contribution is 2.32. The Labute approximate surface area is 85.6 Å². The number of hydrogen-bond donors (Lipinski definition) is 0. The average Bonchev–Trinajstić information content (AvgIpc) is 2.40. The molecule has 0 spiro atoms. The lowest BCUT2D eigenvalue weighted by molar-refractivity contribution is -0.153. The number of esters is 1. The lowest BCUT2D eigenvalue weighted by Gasteiger charge is -2.24. The molecule has 0 bridgehead atoms. The Morgan fingerprint density at radius 1 is 1.64 bits per heavy atom. The summed E-state index contributed by atoms with van der Waals surface area (Å²) in [6.45, 7) is 5.83. The molecule has 0 radical (unpaired) electrons. The normalized spacial score (nSPS) is 26.6. The van der Waals surface area contributed by atoms with Gasteiger partial charge in [-0.2, -0.15) is 0 Å². The highest BCUT2D eigenvalue weighted by molar-refractivity contribution is 5.76. The van der Waals surface area contributed by atoms with E-state index >= 15 is 0 Å². The van der Waals surface area contributed by atoms with Crippen molar-refractivity contribution in [3.63, 3.8) is 0 Å². The van der Waals surface area contributed by atoms with E-state index in [1.165, 1.54) is 0 Å². The quantitative estimate of drug-likeness (QED) is 0.510. The summed E-state index contributed by atoms with van der Waals surface area (Å²) in [4.78, 5) is 11.7. The van der Waals surface area contributed by atoms with E-state index < -0.39 is 0 Å². The maximum absolute atomic E-state index is 11.7. The average molecular weight is 194 g/mol. The minimum Gasteiger partial charge on any atom is -0.461 e. The maximum Gasteiger partial charge on any atom is 0.312 e. The summed E-state index contributed by atoms with van der Waals surface area (Å²) >= 11 is 0. The largest absolute Gasteiger partial charge is 0.461 e. The van der Waals surface area contributed by atoms with Crippen LogP contribution in [0.25, 0.3) is 0 Å². The fourth-order valence-electron chi connectivity index (χ4n) is 1.67. The second-order valence-corrected chi connectivity index (χ2v) is 4.02. The van der Waals surface area contributed by atoms with Crippen LogP contribution in [0.4, 0.5) is 0 Å². The van der Waals surface area contributed by atoms with Gasteiger partial charge in [0, 0.05) is 0 Å². The third-order valence-corrected chi connectivity index (χ3v) is 2.66. The predicted octanol–water partition coefficient (Wildman–Crippen LogP) is 2.85. The molecule has 0 aromatic heterocycles. The number of hydrogen-bond acceptors (Lipinski definition) is 2. The first-order valence-corrected chi connectivity index (χ1v) is 5.12. The molecular formula is C12H18O2. The minimum absolute atomic E-state index is 0.0936. The molecule has 0 aromatic rings. The van der Waals surface area contributed by atoms with Crippen LogP contribution in [0.1, 0.15) is 32.6 Å². The van der Waals surface area contributed by atoms with Gasteiger partial charge in [-0.05, 0) is 32.6 Å². The third kappa shape index (κ3) is 2.72. The minimum atomic E-state index is -0.323. The molecule has 2 heteroatoms. The van der Waals surface area contributed by atoms with Crippen LogP contribution in [-0.4, -0.2) is 12.6 Å². The van der Waals surface area contributed by atoms with Gasteiger partial charge >= 0.3 is 5.97 Å². The van der Waals surface area contributed by atoms with E-state index in [1.807, 2.05) is 6.92 Å². The van der Waals surface area contributed by atoms with Crippen LogP contribution in [-0.2, 0) is 9.53 Å². The molecule has 0 fully saturated rings. The maximum atomic E-state index is 11.7. The van der Waals surface area contributed by atoms with Crippen LogP contribution in [0.2, 0.25) is 0 Å². The lowest BCUT2D eigenvalue weighted by atomic mass is 9.83. The molecule has 78 valence electrons. The summed E-state index contributed by atoms with van der Waals surface area (Å²) in [5, 5.41) is 0. The van der Waals surface area contributed by atoms with Crippen molar-refractivity contribution in [3.05, 3.63) is 24.8 Å². The van der Waals surface area contributed by atoms with E-state index in [2.05, 4.69) is 18.7 Å². The zero-order valence-corrected chi connectivity index (χ0v) is 8.79. The number of ether oxygens (including phenoxy) is 1. The zero-order valence-electron chi connectivity index (χ0n) is 8.79. The van der Waals surface area contributed by atoms with Crippen molar-refractivity contribution in [2.75, 3.05) is 6.61 Å². The van der Waals surface area contributed by atoms with E-state index in [1.54, 1.807) is 6.08 Å². The molecule has 14 heavy (non-hydrogen) atoms. The van der Waals surface area contributed by atoms with E-state index in [-0.39, 0.29) is 11.4 Å². The van der Waals surface area contributed by atoms with Crippen molar-refractivity contribution in [1.82, 2.24) is 0 Å². The molecular weight excluding hydrogens is 176 g/mol. The van der Waals surface area contributed by atoms with Gasteiger partial charge in [-0.15, -0.1) is 0 Å². The van der Waals surface area contributed by atoms with Gasteiger partial charge in [0.15, 0.2) is 0 Å². The van der Waals surface area contributed by atoms with Gasteiger partial charge in [-0.3, -0.25) is 4.79 Å². The SMILES string of the molecule is C=CCOC(=O)C1(C)CC=CCCC1. The van der Waals surface area contributed by atoms with Crippen LogP contribution in [0.3, 0.4) is 0 Å². The molecule has 0 saturated heterocycles. The number of carbonyl (C=O) groups is 1. The Kier molecular flexibility index (Phi) is 3.93. The molecule has 1 atom stereocenters. The zero-order chi connectivity index (χ0) is 10.4. The summed E-state index contributed by atoms with van der Waals surface area (Å²) in [7, 11) is 0. The Hall–Kier alpha value is -1.05. The monoisotopic (exact) mass is 194 g/mol. The van der Waals surface area contributed by atoms with E-state index in [0.717, 1.165) is 25.7 Å². The van der Waals surface area contributed by atoms with E-state index in [9.17, 15) is 4.79 Å². The molecule has 1 unspecified atom stereocenters. The van der Waals surface area contributed by atoms with E-state index in [4.69, 9.17) is 4.74 Å². The van der Waals surface area contributed by atoms with Gasteiger partial charge in [0.25, 0.3) is 0 Å². The number of rotatable bonds is 3. The number of carbonyl (C=O) groups excluding carboxylic acids is 1. The van der Waals surface area contributed by atoms with Gasteiger partial charge in [-0.25, -0.2) is 0 Å². The molecule has 0 amide bonds. The second kappa shape index (κ2) is 4.99. The summed E-state index contributed by atoms with van der Waals surface area (Å²) in [5.74, 6) is -0.0936. The molecule has 0 N–H and O–H groups in total. The Balaban J connectivity index is 2.57. The highest BCUT2D eigenvalue weighted by Gasteiger charge is 2.33. The fraction of sp³-hybridized carbons (Fsp3) is 0.583. The first-order valence-electron chi connectivity index (χ1n) is 5.12. The summed E-state index contributed by atoms with van der Waals surface area (Å²) < 4.78 is 5.10. The lowest BCUT2D eigenvalue weighted by Crippen LogP contribution is -2.29. The van der Waals surface area contributed by atoms with Crippen molar-refractivity contribution < 1.29 is 9.53 Å². The molecule has 0 aliphatic heterocycles. The predicted molar refractivity (Wildman–Crippen MR) is 56.9 cm³/mol. The summed E-state index contributed by atoms with van der Waals surface area (Å²) in [6, 6.07) is 0. The molecule has 1 aliphatic rings. The van der Waals surface area contributed by atoms with Crippen LogP contribution in [0.5, 0.6) is 0 Å². The van der Waals surface area contributed by atoms with Crippen LogP contribution in [0, 0.1) is 5.41 Å². The van der Waals surface area contributed by atoms with Gasteiger partial charge in [-0.1, -0.05) is 24.8 Å². The summed E-state index contributed by atoms with van der Waals surface area (Å²) in [5.41, 5.74) is -0.323. The molecule has 1 rings (SSSR count). The van der Waals surface area contributed by atoms with Crippen molar-refractivity contribution >= 4 is 5.97 Å². The molecule has 0 aromatic carbocycles. The van der Waals surface area contributed by atoms with Crippen molar-refractivity contribution in [3.8, 4) is 0 Å². The smallest absolute Gasteiger partial charge is 0.312 e. The molecule has 0 heterocycles. The fourth-order valence-corrected chi connectivity index (χ4v) is 1.67. The standard InChI is InChI=1S/C12H18O2/c1-3-10-14-11(13)12(2)8-6-4-5-7-9-12/h3-4,6H,1,5,7-10H2,2H3. The first-order chi connectivity index (χ1) is 6.69. The van der Waals surface area contributed by atoms with Crippen molar-refractivity contribution in [2.45, 2.75) is 32.6 Å². The molecule has 0 saturated carbocycles. The molecule has 1 aliphatic carbocycles. The van der Waals surface area contributed by atoms with Gasteiger partial charge < -0.3 is 4.74 Å². The summed E-state index contributed by atoms with van der Waals surface area (Å²) in [6.07, 6.45) is 9.68. The van der Waals surface area contributed by atoms with Gasteiger partial charge in [0.05, 0.1) is 5.41 Å². The van der Waals surface area contributed by atoms with E-state index in [0.29, 0.717) is 6.61 Å². The number of allylic oxidation sites excluding steroid dienone is 2. The van der Waals surface area contributed by atoms with Crippen molar-refractivity contribution in [1.29, 1.82) is 0 Å². The second-order valence-electron chi connectivity index (χ2n) is 4.02. The van der Waals surface area contributed by atoms with Crippen molar-refractivity contribution in [2.24, 2.45) is 5.41 Å². The molecule has 2 nitrogen and oxygen atoms in total. The highest BCUT2D eigenvalue weighted by atomic mass is 16.5. The van der Waals surface area contributed by atoms with Gasteiger partial charge in [0.2, 0.25) is 0 Å². The van der Waals surface area contributed by atoms with Crippen LogP contribution < -0.4 is 0 Å². The van der Waals surface area contributed by atoms with Gasteiger partial charge in [0.1, 0.15) is 6.61 Å². The Morgan fingerprint density at radius 3 is 3.14 bits per heavy atom. The van der Waals surface area contributed by atoms with Crippen LogP contribution in [0.15, 0.2) is 24.8 Å². The Bertz CT molecular complexity index is 243. The third-order valence-electron chi connectivity index (χ3n) is 2.66.